The molecular weight excluding hydrogens is 172 g/mol. The molecule has 1 aromatic rings. The van der Waals surface area contributed by atoms with E-state index in [1.165, 1.54) is 6.20 Å². The van der Waals surface area contributed by atoms with Gasteiger partial charge < -0.3 is 15.4 Å². The zero-order valence-corrected chi connectivity index (χ0v) is 7.28. The van der Waals surface area contributed by atoms with Crippen molar-refractivity contribution in [3.8, 4) is 5.75 Å². The van der Waals surface area contributed by atoms with Crippen LogP contribution in [0.5, 0.6) is 5.75 Å². The predicted octanol–water partition coefficient (Wildman–Crippen LogP) is 0.0667. The minimum Gasteiger partial charge on any atom is -0.506 e. The average Bonchev–Trinajstić information content (AvgIpc) is 2.14. The summed E-state index contributed by atoms with van der Waals surface area (Å²) in [5.41, 5.74) is 3.38. The van der Waals surface area contributed by atoms with Crippen LogP contribution < -0.4 is 5.48 Å². The summed E-state index contributed by atoms with van der Waals surface area (Å²) < 4.78 is 0. The minimum absolute atomic E-state index is 0.00750. The van der Waals surface area contributed by atoms with Gasteiger partial charge in [-0.05, 0) is 6.92 Å². The van der Waals surface area contributed by atoms with Crippen molar-refractivity contribution in [2.45, 2.75) is 20.1 Å². The van der Waals surface area contributed by atoms with E-state index < -0.39 is 0 Å². The molecule has 0 radical (unpaired) electrons. The van der Waals surface area contributed by atoms with Gasteiger partial charge in [0.1, 0.15) is 5.75 Å². The second-order valence-corrected chi connectivity index (χ2v) is 2.69. The maximum Gasteiger partial charge on any atom is 0.141 e. The van der Waals surface area contributed by atoms with E-state index in [-0.39, 0.29) is 18.9 Å². The van der Waals surface area contributed by atoms with Crippen LogP contribution in [0.25, 0.3) is 0 Å². The van der Waals surface area contributed by atoms with Crippen LogP contribution in [0.3, 0.4) is 0 Å². The lowest BCUT2D eigenvalue weighted by molar-refractivity contribution is 0.159. The van der Waals surface area contributed by atoms with Crippen molar-refractivity contribution in [3.63, 3.8) is 0 Å². The van der Waals surface area contributed by atoms with Crippen LogP contribution in [-0.4, -0.2) is 20.4 Å². The van der Waals surface area contributed by atoms with Crippen molar-refractivity contribution in [1.82, 2.24) is 10.5 Å². The lowest BCUT2D eigenvalue weighted by Gasteiger charge is -2.09. The van der Waals surface area contributed by atoms with Crippen molar-refractivity contribution in [2.75, 3.05) is 0 Å². The van der Waals surface area contributed by atoms with Crippen LogP contribution in [0.4, 0.5) is 0 Å². The van der Waals surface area contributed by atoms with E-state index in [2.05, 4.69) is 4.98 Å². The highest BCUT2D eigenvalue weighted by Crippen LogP contribution is 2.23. The first-order valence-corrected chi connectivity index (χ1v) is 3.84. The summed E-state index contributed by atoms with van der Waals surface area (Å²) in [5.74, 6) is 0.00750. The summed E-state index contributed by atoms with van der Waals surface area (Å²) >= 11 is 0. The highest BCUT2D eigenvalue weighted by Gasteiger charge is 2.09. The molecule has 0 aliphatic carbocycles. The van der Waals surface area contributed by atoms with Gasteiger partial charge in [0.05, 0.1) is 12.3 Å². The Bertz CT molecular complexity index is 302. The SMILES string of the molecule is Cc1ncc(CO)c(CNO)c1O. The molecule has 0 atom stereocenters. The summed E-state index contributed by atoms with van der Waals surface area (Å²) in [6.07, 6.45) is 1.47. The van der Waals surface area contributed by atoms with Gasteiger partial charge in [0.25, 0.3) is 0 Å². The largest absolute Gasteiger partial charge is 0.506 e. The van der Waals surface area contributed by atoms with Gasteiger partial charge in [-0.2, -0.15) is 0 Å². The third-order valence-corrected chi connectivity index (χ3v) is 1.86. The Hall–Kier alpha value is -1.17. The molecule has 0 unspecified atom stereocenters. The van der Waals surface area contributed by atoms with Crippen molar-refractivity contribution < 1.29 is 15.4 Å². The first-order valence-electron chi connectivity index (χ1n) is 3.84. The molecule has 0 aromatic carbocycles. The topological polar surface area (TPSA) is 85.6 Å². The first kappa shape index (κ1) is 9.91. The Morgan fingerprint density at radius 3 is 2.77 bits per heavy atom. The van der Waals surface area contributed by atoms with Crippen LogP contribution in [0, 0.1) is 6.92 Å². The molecule has 4 N–H and O–H groups in total. The molecule has 0 spiro atoms. The lowest BCUT2D eigenvalue weighted by Crippen LogP contribution is -2.10. The van der Waals surface area contributed by atoms with Gasteiger partial charge in [-0.25, -0.2) is 5.48 Å². The number of nitrogens with one attached hydrogen (secondary N) is 1. The Balaban J connectivity index is 3.15. The van der Waals surface area contributed by atoms with Crippen LogP contribution in [0.1, 0.15) is 16.8 Å². The van der Waals surface area contributed by atoms with Gasteiger partial charge in [0, 0.05) is 23.9 Å². The first-order chi connectivity index (χ1) is 6.20. The molecule has 0 aliphatic rings. The van der Waals surface area contributed by atoms with Crippen molar-refractivity contribution in [2.24, 2.45) is 0 Å². The Morgan fingerprint density at radius 2 is 2.23 bits per heavy atom. The average molecular weight is 184 g/mol. The zero-order valence-electron chi connectivity index (χ0n) is 7.28. The summed E-state index contributed by atoms with van der Waals surface area (Å²) in [6.45, 7) is 1.53. The van der Waals surface area contributed by atoms with E-state index in [1.54, 1.807) is 6.92 Å². The number of hydroxylamine groups is 1. The van der Waals surface area contributed by atoms with Crippen LogP contribution >= 0.6 is 0 Å². The lowest BCUT2D eigenvalue weighted by atomic mass is 10.1. The summed E-state index contributed by atoms with van der Waals surface area (Å²) in [5, 5.41) is 26.9. The van der Waals surface area contributed by atoms with E-state index in [1.807, 2.05) is 5.48 Å². The molecule has 0 saturated carbocycles. The molecule has 5 heteroatoms. The number of nitrogens with zero attached hydrogens (tertiary/aromatic N) is 1. The molecule has 5 nitrogen and oxygen atoms in total. The van der Waals surface area contributed by atoms with E-state index in [0.717, 1.165) is 0 Å². The van der Waals surface area contributed by atoms with Crippen molar-refractivity contribution in [3.05, 3.63) is 23.0 Å². The van der Waals surface area contributed by atoms with E-state index in [4.69, 9.17) is 10.3 Å². The third-order valence-electron chi connectivity index (χ3n) is 1.86. The number of aromatic hydroxyl groups is 1. The number of aromatic nitrogens is 1. The summed E-state index contributed by atoms with van der Waals surface area (Å²) in [6, 6.07) is 0. The zero-order chi connectivity index (χ0) is 9.84. The van der Waals surface area contributed by atoms with E-state index in [0.29, 0.717) is 16.8 Å². The smallest absolute Gasteiger partial charge is 0.141 e. The van der Waals surface area contributed by atoms with Gasteiger partial charge in [-0.15, -0.1) is 0 Å². The normalized spacial score (nSPS) is 10.4. The second kappa shape index (κ2) is 4.18. The summed E-state index contributed by atoms with van der Waals surface area (Å²) in [7, 11) is 0. The Morgan fingerprint density at radius 1 is 1.54 bits per heavy atom. The predicted molar refractivity (Wildman–Crippen MR) is 45.2 cm³/mol. The molecule has 13 heavy (non-hydrogen) atoms. The Labute approximate surface area is 75.6 Å². The molecule has 0 fully saturated rings. The quantitative estimate of drug-likeness (QED) is 0.499. The molecular formula is C8H12N2O3. The van der Waals surface area contributed by atoms with Gasteiger partial charge in [-0.3, -0.25) is 4.98 Å². The van der Waals surface area contributed by atoms with Gasteiger partial charge in [0.2, 0.25) is 0 Å². The van der Waals surface area contributed by atoms with Crippen LogP contribution in [0.2, 0.25) is 0 Å². The maximum absolute atomic E-state index is 9.52. The van der Waals surface area contributed by atoms with Crippen LogP contribution in [-0.2, 0) is 13.2 Å². The number of aliphatic hydroxyl groups excluding tert-OH is 1. The number of hydrogen-bond acceptors (Lipinski definition) is 5. The monoisotopic (exact) mass is 184 g/mol. The maximum atomic E-state index is 9.52. The van der Waals surface area contributed by atoms with E-state index in [9.17, 15) is 5.11 Å². The minimum atomic E-state index is -0.210. The fraction of sp³-hybridized carbons (Fsp3) is 0.375. The number of aryl methyl sites for hydroxylation is 1. The highest BCUT2D eigenvalue weighted by atomic mass is 16.5. The van der Waals surface area contributed by atoms with Gasteiger partial charge >= 0.3 is 0 Å². The fourth-order valence-corrected chi connectivity index (χ4v) is 1.10. The van der Waals surface area contributed by atoms with Crippen molar-refractivity contribution >= 4 is 0 Å². The molecule has 1 rings (SSSR count). The van der Waals surface area contributed by atoms with Crippen LogP contribution in [0.15, 0.2) is 6.20 Å². The molecule has 72 valence electrons. The molecule has 1 aromatic heterocycles. The standard InChI is InChI=1S/C8H12N2O3/c1-5-8(12)7(3-10-13)6(4-11)2-9-5/h2,10-13H,3-4H2,1H3. The second-order valence-electron chi connectivity index (χ2n) is 2.69. The van der Waals surface area contributed by atoms with E-state index >= 15 is 0 Å². The molecule has 0 amide bonds. The van der Waals surface area contributed by atoms with Crippen molar-refractivity contribution in [1.29, 1.82) is 0 Å². The summed E-state index contributed by atoms with van der Waals surface area (Å²) in [4.78, 5) is 3.87. The Kier molecular flexibility index (Phi) is 3.18. The molecule has 0 saturated heterocycles. The number of hydrogen-bond donors (Lipinski definition) is 4. The number of pyridine rings is 1. The number of rotatable bonds is 3. The molecule has 1 heterocycles. The molecule has 0 aliphatic heterocycles. The number of aliphatic hydroxyl groups is 1. The fourth-order valence-electron chi connectivity index (χ4n) is 1.10. The third kappa shape index (κ3) is 1.95. The molecule has 0 bridgehead atoms. The highest BCUT2D eigenvalue weighted by molar-refractivity contribution is 5.40. The van der Waals surface area contributed by atoms with Gasteiger partial charge in [0.15, 0.2) is 0 Å². The van der Waals surface area contributed by atoms with Gasteiger partial charge in [-0.1, -0.05) is 0 Å².